The number of pyridine rings is 1. The Morgan fingerprint density at radius 1 is 0.923 bits per heavy atom. The van der Waals surface area contributed by atoms with Gasteiger partial charge in [-0.3, -0.25) is 0 Å². The van der Waals surface area contributed by atoms with Gasteiger partial charge in [-0.2, -0.15) is 0 Å². The number of hydrogen-bond acceptors (Lipinski definition) is 6. The van der Waals surface area contributed by atoms with Gasteiger partial charge in [-0.25, -0.2) is 4.98 Å². The molecule has 0 atom stereocenters. The Morgan fingerprint density at radius 3 is 2.58 bits per heavy atom. The minimum Gasteiger partial charge on any atom is -0.415 e. The molecule has 0 unspecified atom stereocenters. The molecule has 0 fully saturated rings. The van der Waals surface area contributed by atoms with Crippen LogP contribution in [0.3, 0.4) is 0 Å². The summed E-state index contributed by atoms with van der Waals surface area (Å²) in [4.78, 5) is 4.33. The molecular weight excluding hydrogens is 330 g/mol. The molecule has 5 aromatic rings. The number of benzene rings is 1. The van der Waals surface area contributed by atoms with Crippen molar-refractivity contribution < 1.29 is 8.94 Å². The first-order chi connectivity index (χ1) is 12.8. The van der Waals surface area contributed by atoms with Gasteiger partial charge in [0.05, 0.1) is 10.9 Å². The molecule has 7 heteroatoms. The van der Waals surface area contributed by atoms with Crippen molar-refractivity contribution in [3.8, 4) is 34.3 Å². The zero-order valence-electron chi connectivity index (χ0n) is 13.8. The van der Waals surface area contributed by atoms with Gasteiger partial charge in [0.25, 0.3) is 11.6 Å². The molecule has 0 aliphatic heterocycles. The summed E-state index contributed by atoms with van der Waals surface area (Å²) in [6.45, 7) is 0. The molecule has 5 rings (SSSR count). The lowest BCUT2D eigenvalue weighted by atomic mass is 10.1. The summed E-state index contributed by atoms with van der Waals surface area (Å²) in [6.07, 6.45) is 3.57. The molecule has 4 heterocycles. The van der Waals surface area contributed by atoms with E-state index in [2.05, 4.69) is 20.3 Å². The van der Waals surface area contributed by atoms with Gasteiger partial charge in [-0.1, -0.05) is 35.5 Å². The molecule has 0 bridgehead atoms. The minimum absolute atomic E-state index is 0.399. The molecule has 0 amide bonds. The van der Waals surface area contributed by atoms with Gasteiger partial charge in [0.2, 0.25) is 5.89 Å². The van der Waals surface area contributed by atoms with Gasteiger partial charge in [-0.05, 0) is 18.2 Å². The molecule has 1 aromatic carbocycles. The maximum atomic E-state index is 5.83. The molecule has 0 saturated carbocycles. The summed E-state index contributed by atoms with van der Waals surface area (Å²) in [6, 6.07) is 15.6. The quantitative estimate of drug-likeness (QED) is 0.493. The highest BCUT2D eigenvalue weighted by atomic mass is 16.5. The van der Waals surface area contributed by atoms with Crippen LogP contribution in [-0.4, -0.2) is 24.9 Å². The van der Waals surface area contributed by atoms with E-state index in [1.165, 1.54) is 0 Å². The first-order valence-electron chi connectivity index (χ1n) is 8.06. The van der Waals surface area contributed by atoms with Crippen molar-refractivity contribution in [2.45, 2.75) is 0 Å². The topological polar surface area (TPSA) is 82.8 Å². The zero-order valence-corrected chi connectivity index (χ0v) is 13.8. The van der Waals surface area contributed by atoms with Crippen molar-refractivity contribution in [3.05, 3.63) is 60.9 Å². The van der Waals surface area contributed by atoms with E-state index >= 15 is 0 Å². The molecule has 7 nitrogen and oxygen atoms in total. The van der Waals surface area contributed by atoms with Gasteiger partial charge in [-0.15, -0.1) is 10.2 Å². The van der Waals surface area contributed by atoms with E-state index in [0.717, 1.165) is 22.3 Å². The lowest BCUT2D eigenvalue weighted by Crippen LogP contribution is -1.88. The summed E-state index contributed by atoms with van der Waals surface area (Å²) >= 11 is 0. The summed E-state index contributed by atoms with van der Waals surface area (Å²) in [5, 5.41) is 13.2. The number of aryl methyl sites for hydroxylation is 1. The molecule has 0 spiro atoms. The highest BCUT2D eigenvalue weighted by Crippen LogP contribution is 2.30. The van der Waals surface area contributed by atoms with E-state index in [4.69, 9.17) is 8.94 Å². The van der Waals surface area contributed by atoms with Crippen molar-refractivity contribution in [2.75, 3.05) is 0 Å². The number of nitrogens with zero attached hydrogens (tertiary/aromatic N) is 5. The van der Waals surface area contributed by atoms with Crippen LogP contribution in [0.4, 0.5) is 0 Å². The van der Waals surface area contributed by atoms with Gasteiger partial charge >= 0.3 is 0 Å². The second-order valence-electron chi connectivity index (χ2n) is 5.89. The Bertz CT molecular complexity index is 1200. The van der Waals surface area contributed by atoms with E-state index in [1.807, 2.05) is 66.3 Å². The SMILES string of the molecule is Cn1cccc1-c1nnc(-c2cnc3onc(-c4ccccc4)c3c2)o1. The third-order valence-electron chi connectivity index (χ3n) is 4.21. The number of rotatable bonds is 3. The van der Waals surface area contributed by atoms with Crippen molar-refractivity contribution in [2.24, 2.45) is 7.05 Å². The predicted molar refractivity (Wildman–Crippen MR) is 94.9 cm³/mol. The Hall–Kier alpha value is -3.74. The largest absolute Gasteiger partial charge is 0.415 e. The van der Waals surface area contributed by atoms with Crippen LogP contribution < -0.4 is 0 Å². The van der Waals surface area contributed by atoms with Gasteiger partial charge < -0.3 is 13.5 Å². The molecule has 0 aliphatic rings. The highest BCUT2D eigenvalue weighted by molar-refractivity contribution is 5.91. The average Bonchev–Trinajstić information content (AvgIpc) is 3.40. The molecule has 0 saturated heterocycles. The van der Waals surface area contributed by atoms with Crippen LogP contribution in [0.5, 0.6) is 0 Å². The van der Waals surface area contributed by atoms with Crippen LogP contribution in [0.2, 0.25) is 0 Å². The van der Waals surface area contributed by atoms with Crippen LogP contribution >= 0.6 is 0 Å². The third kappa shape index (κ3) is 2.29. The number of fused-ring (bicyclic) bond motifs is 1. The van der Waals surface area contributed by atoms with Crippen molar-refractivity contribution in [3.63, 3.8) is 0 Å². The number of aromatic nitrogens is 5. The average molecular weight is 343 g/mol. The summed E-state index contributed by atoms with van der Waals surface area (Å²) in [7, 11) is 1.93. The Balaban J connectivity index is 1.60. The fourth-order valence-electron chi connectivity index (χ4n) is 2.88. The van der Waals surface area contributed by atoms with Gasteiger partial charge in [0, 0.05) is 25.0 Å². The zero-order chi connectivity index (χ0) is 17.5. The maximum absolute atomic E-state index is 5.83. The van der Waals surface area contributed by atoms with Crippen molar-refractivity contribution in [1.29, 1.82) is 0 Å². The Kier molecular flexibility index (Phi) is 3.18. The molecular formula is C19H13N5O2. The van der Waals surface area contributed by atoms with Crippen LogP contribution in [0.1, 0.15) is 0 Å². The van der Waals surface area contributed by atoms with Crippen molar-refractivity contribution >= 4 is 11.1 Å². The molecule has 26 heavy (non-hydrogen) atoms. The third-order valence-corrected chi connectivity index (χ3v) is 4.21. The smallest absolute Gasteiger partial charge is 0.264 e. The van der Waals surface area contributed by atoms with E-state index in [0.29, 0.717) is 23.1 Å². The maximum Gasteiger partial charge on any atom is 0.264 e. The second kappa shape index (κ2) is 5.66. The lowest BCUT2D eigenvalue weighted by Gasteiger charge is -1.98. The van der Waals surface area contributed by atoms with Crippen LogP contribution in [0.25, 0.3) is 45.4 Å². The van der Waals surface area contributed by atoms with E-state index < -0.39 is 0 Å². The predicted octanol–water partition coefficient (Wildman–Crippen LogP) is 3.95. The second-order valence-corrected chi connectivity index (χ2v) is 5.89. The summed E-state index contributed by atoms with van der Waals surface area (Å²) in [5.74, 6) is 0.858. The molecule has 126 valence electrons. The van der Waals surface area contributed by atoms with Crippen molar-refractivity contribution in [1.82, 2.24) is 24.9 Å². The van der Waals surface area contributed by atoms with E-state index in [1.54, 1.807) is 6.20 Å². The first kappa shape index (κ1) is 14.6. The minimum atomic E-state index is 0.399. The van der Waals surface area contributed by atoms with Crippen LogP contribution in [-0.2, 0) is 7.05 Å². The Morgan fingerprint density at radius 2 is 1.77 bits per heavy atom. The first-order valence-corrected chi connectivity index (χ1v) is 8.06. The van der Waals surface area contributed by atoms with Crippen LogP contribution in [0, 0.1) is 0 Å². The van der Waals surface area contributed by atoms with Gasteiger partial charge in [0.15, 0.2) is 0 Å². The Labute approximate surface area is 147 Å². The standard InChI is InChI=1S/C19H13N5O2/c1-24-9-5-8-15(24)19-22-21-17(25-19)13-10-14-16(12-6-3-2-4-7-12)23-26-18(14)20-11-13/h2-11H,1H3. The monoisotopic (exact) mass is 343 g/mol. The molecule has 0 aliphatic carbocycles. The fourth-order valence-corrected chi connectivity index (χ4v) is 2.88. The number of hydrogen-bond donors (Lipinski definition) is 0. The van der Waals surface area contributed by atoms with E-state index in [9.17, 15) is 0 Å². The molecule has 4 aromatic heterocycles. The molecule has 0 N–H and O–H groups in total. The fraction of sp³-hybridized carbons (Fsp3) is 0.0526. The van der Waals surface area contributed by atoms with Crippen LogP contribution in [0.15, 0.2) is 69.9 Å². The van der Waals surface area contributed by atoms with Gasteiger partial charge in [0.1, 0.15) is 11.4 Å². The molecule has 0 radical (unpaired) electrons. The van der Waals surface area contributed by atoms with E-state index in [-0.39, 0.29) is 0 Å². The highest BCUT2D eigenvalue weighted by Gasteiger charge is 2.16. The summed E-state index contributed by atoms with van der Waals surface area (Å²) in [5.41, 5.74) is 3.73. The normalized spacial score (nSPS) is 11.3. The lowest BCUT2D eigenvalue weighted by molar-refractivity contribution is 0.451. The summed E-state index contributed by atoms with van der Waals surface area (Å²) < 4.78 is 13.1.